The van der Waals surface area contributed by atoms with Crippen molar-refractivity contribution in [1.29, 1.82) is 0 Å². The highest BCUT2D eigenvalue weighted by atomic mass is 35.5. The molecule has 158 valence electrons. The summed E-state index contributed by atoms with van der Waals surface area (Å²) in [6, 6.07) is 11.3. The largest absolute Gasteiger partial charge is 0.325 e. The molecule has 2 amide bonds. The number of carbonyl (C=O) groups is 2. The van der Waals surface area contributed by atoms with Crippen LogP contribution in [0.15, 0.2) is 47.3 Å². The van der Waals surface area contributed by atoms with Gasteiger partial charge in [-0.3, -0.25) is 19.4 Å². The predicted octanol–water partition coefficient (Wildman–Crippen LogP) is 4.54. The molecule has 0 fully saturated rings. The number of rotatable bonds is 4. The van der Waals surface area contributed by atoms with Crippen LogP contribution in [0.3, 0.4) is 0 Å². The zero-order chi connectivity index (χ0) is 22.1. The van der Waals surface area contributed by atoms with Gasteiger partial charge < -0.3 is 16.0 Å². The van der Waals surface area contributed by atoms with Gasteiger partial charge in [-0.25, -0.2) is 0 Å². The number of fused-ring (bicyclic) bond motifs is 1. The minimum Gasteiger partial charge on any atom is -0.325 e. The Labute approximate surface area is 190 Å². The second-order valence-electron chi connectivity index (χ2n) is 6.73. The molecule has 1 aliphatic heterocycles. The van der Waals surface area contributed by atoms with Crippen molar-refractivity contribution in [3.05, 3.63) is 73.4 Å². The number of anilines is 4. The van der Waals surface area contributed by atoms with E-state index in [-0.39, 0.29) is 23.8 Å². The molecule has 11 heteroatoms. The molecule has 0 saturated carbocycles. The number of aromatic nitrogens is 2. The third-order valence-electron chi connectivity index (χ3n) is 4.54. The maximum absolute atomic E-state index is 12.8. The van der Waals surface area contributed by atoms with Gasteiger partial charge in [0.25, 0.3) is 5.56 Å². The van der Waals surface area contributed by atoms with Gasteiger partial charge in [0.1, 0.15) is 5.82 Å². The smallest absolute Gasteiger partial charge is 0.258 e. The Bertz CT molecular complexity index is 1260. The molecule has 0 bridgehead atoms. The van der Waals surface area contributed by atoms with Gasteiger partial charge in [-0.2, -0.15) is 4.98 Å². The molecule has 8 nitrogen and oxygen atoms in total. The molecule has 1 aromatic heterocycles. The third-order valence-corrected chi connectivity index (χ3v) is 5.33. The number of hydrogen-bond acceptors (Lipinski definition) is 5. The molecule has 0 radical (unpaired) electrons. The summed E-state index contributed by atoms with van der Waals surface area (Å²) >= 11 is 18.0. The molecule has 1 aliphatic rings. The number of nitrogens with one attached hydrogen (secondary N) is 4. The first-order chi connectivity index (χ1) is 14.8. The number of halogens is 3. The summed E-state index contributed by atoms with van der Waals surface area (Å²) in [5.74, 6) is -1.94. The molecule has 31 heavy (non-hydrogen) atoms. The van der Waals surface area contributed by atoms with Gasteiger partial charge in [-0.15, -0.1) is 0 Å². The van der Waals surface area contributed by atoms with Crippen molar-refractivity contribution in [3.8, 4) is 0 Å². The Morgan fingerprint density at radius 2 is 1.84 bits per heavy atom. The summed E-state index contributed by atoms with van der Waals surface area (Å²) in [7, 11) is 0. The van der Waals surface area contributed by atoms with Crippen molar-refractivity contribution in [3.63, 3.8) is 0 Å². The highest BCUT2D eigenvalue weighted by molar-refractivity contribution is 6.36. The maximum Gasteiger partial charge on any atom is 0.258 e. The number of benzene rings is 2. The van der Waals surface area contributed by atoms with E-state index in [0.29, 0.717) is 26.4 Å². The van der Waals surface area contributed by atoms with E-state index in [1.807, 2.05) is 0 Å². The number of aromatic amines is 1. The molecule has 1 unspecified atom stereocenters. The van der Waals surface area contributed by atoms with Crippen LogP contribution < -0.4 is 21.5 Å². The highest BCUT2D eigenvalue weighted by Crippen LogP contribution is 2.31. The Morgan fingerprint density at radius 1 is 1.06 bits per heavy atom. The van der Waals surface area contributed by atoms with Crippen LogP contribution in [0.4, 0.5) is 23.1 Å². The van der Waals surface area contributed by atoms with Crippen molar-refractivity contribution in [2.45, 2.75) is 12.3 Å². The molecular formula is C20H14Cl3N5O3. The van der Waals surface area contributed by atoms with Crippen molar-refractivity contribution < 1.29 is 9.59 Å². The fourth-order valence-corrected chi connectivity index (χ4v) is 3.81. The molecule has 4 N–H and O–H groups in total. The van der Waals surface area contributed by atoms with Crippen LogP contribution in [0.2, 0.25) is 15.1 Å². The van der Waals surface area contributed by atoms with Gasteiger partial charge in [-0.05, 0) is 36.4 Å². The minimum atomic E-state index is -1.02. The highest BCUT2D eigenvalue weighted by Gasteiger charge is 2.34. The normalized spacial score (nSPS) is 15.1. The van der Waals surface area contributed by atoms with Crippen LogP contribution >= 0.6 is 34.8 Å². The number of hydrogen-bond donors (Lipinski definition) is 4. The van der Waals surface area contributed by atoms with Crippen LogP contribution in [-0.4, -0.2) is 21.8 Å². The first-order valence-electron chi connectivity index (χ1n) is 9.03. The van der Waals surface area contributed by atoms with Gasteiger partial charge in [0.05, 0.1) is 22.2 Å². The Morgan fingerprint density at radius 3 is 2.58 bits per heavy atom. The fourth-order valence-electron chi connectivity index (χ4n) is 3.17. The lowest BCUT2D eigenvalue weighted by atomic mass is 9.92. The van der Waals surface area contributed by atoms with E-state index in [1.54, 1.807) is 36.4 Å². The Balaban J connectivity index is 1.65. The summed E-state index contributed by atoms with van der Waals surface area (Å²) in [4.78, 5) is 44.7. The lowest BCUT2D eigenvalue weighted by molar-refractivity contribution is -0.123. The molecule has 3 aromatic rings. The first-order valence-corrected chi connectivity index (χ1v) is 10.2. The van der Waals surface area contributed by atoms with Crippen LogP contribution in [0, 0.1) is 0 Å². The Kier molecular flexibility index (Phi) is 5.86. The SMILES string of the molecule is O=C1CC(C(=O)Nc2cccc(Cl)c2)c2c(nc(Nc3ccc(Cl)cc3Cl)[nH]c2=O)N1. The molecule has 1 atom stereocenters. The number of amides is 2. The molecule has 0 aliphatic carbocycles. The number of carbonyl (C=O) groups excluding carboxylic acids is 2. The molecule has 2 aromatic carbocycles. The van der Waals surface area contributed by atoms with E-state index in [2.05, 4.69) is 25.9 Å². The summed E-state index contributed by atoms with van der Waals surface area (Å²) in [5, 5.41) is 9.30. The van der Waals surface area contributed by atoms with Crippen LogP contribution in [0.1, 0.15) is 17.9 Å². The second-order valence-corrected chi connectivity index (χ2v) is 8.01. The Hall–Kier alpha value is -3.07. The number of nitrogens with zero attached hydrogens (tertiary/aromatic N) is 1. The molecular weight excluding hydrogens is 465 g/mol. The maximum atomic E-state index is 12.8. The third kappa shape index (κ3) is 4.66. The van der Waals surface area contributed by atoms with Gasteiger partial charge >= 0.3 is 0 Å². The average molecular weight is 479 g/mol. The van der Waals surface area contributed by atoms with E-state index in [1.165, 1.54) is 6.07 Å². The molecule has 4 rings (SSSR count). The van der Waals surface area contributed by atoms with E-state index in [4.69, 9.17) is 34.8 Å². The lowest BCUT2D eigenvalue weighted by Crippen LogP contribution is -2.36. The second kappa shape index (κ2) is 8.58. The summed E-state index contributed by atoms with van der Waals surface area (Å²) in [5.41, 5.74) is 0.396. The first kappa shape index (κ1) is 21.2. The van der Waals surface area contributed by atoms with Crippen LogP contribution in [0.25, 0.3) is 0 Å². The van der Waals surface area contributed by atoms with E-state index >= 15 is 0 Å². The quantitative estimate of drug-likeness (QED) is 0.439. The van der Waals surface area contributed by atoms with Crippen molar-refractivity contribution in [1.82, 2.24) is 9.97 Å². The summed E-state index contributed by atoms with van der Waals surface area (Å²) < 4.78 is 0. The van der Waals surface area contributed by atoms with Gasteiger partial charge in [0.2, 0.25) is 17.8 Å². The minimum absolute atomic E-state index is 0.00108. The zero-order valence-corrected chi connectivity index (χ0v) is 17.9. The molecule has 2 heterocycles. The van der Waals surface area contributed by atoms with Crippen LogP contribution in [-0.2, 0) is 9.59 Å². The number of H-pyrrole nitrogens is 1. The lowest BCUT2D eigenvalue weighted by Gasteiger charge is -2.23. The van der Waals surface area contributed by atoms with Crippen molar-refractivity contribution >= 4 is 69.8 Å². The van der Waals surface area contributed by atoms with Gasteiger partial charge in [-0.1, -0.05) is 40.9 Å². The van der Waals surface area contributed by atoms with Crippen LogP contribution in [0.5, 0.6) is 0 Å². The molecule has 0 spiro atoms. The predicted molar refractivity (Wildman–Crippen MR) is 121 cm³/mol. The zero-order valence-electron chi connectivity index (χ0n) is 15.6. The average Bonchev–Trinajstić information content (AvgIpc) is 2.69. The van der Waals surface area contributed by atoms with Gasteiger partial charge in [0.15, 0.2) is 0 Å². The van der Waals surface area contributed by atoms with E-state index < -0.39 is 23.3 Å². The van der Waals surface area contributed by atoms with Crippen molar-refractivity contribution in [2.75, 3.05) is 16.0 Å². The topological polar surface area (TPSA) is 116 Å². The van der Waals surface area contributed by atoms with E-state index in [9.17, 15) is 14.4 Å². The summed E-state index contributed by atoms with van der Waals surface area (Å²) in [6.07, 6.45) is -0.194. The standard InChI is InChI=1S/C20H14Cl3N5O3/c21-9-2-1-3-11(6-9)24-18(30)12-8-15(29)26-17-16(12)19(31)28-20(27-17)25-14-5-4-10(22)7-13(14)23/h1-7,12H,8H2,(H,24,30)(H3,25,26,27,28,29,31). The fraction of sp³-hybridized carbons (Fsp3) is 0.100. The van der Waals surface area contributed by atoms with Gasteiger partial charge in [0, 0.05) is 22.2 Å². The summed E-state index contributed by atoms with van der Waals surface area (Å²) in [6.45, 7) is 0. The molecule has 0 saturated heterocycles. The van der Waals surface area contributed by atoms with E-state index in [0.717, 1.165) is 0 Å². The monoisotopic (exact) mass is 477 g/mol. The van der Waals surface area contributed by atoms with Crippen molar-refractivity contribution in [2.24, 2.45) is 0 Å².